The predicted octanol–water partition coefficient (Wildman–Crippen LogP) is 2.92. The summed E-state index contributed by atoms with van der Waals surface area (Å²) in [6.07, 6.45) is 1.50. The van der Waals surface area contributed by atoms with E-state index in [1.807, 2.05) is 11.0 Å². The number of furan rings is 1. The van der Waals surface area contributed by atoms with E-state index in [1.54, 1.807) is 17.0 Å². The van der Waals surface area contributed by atoms with Gasteiger partial charge in [-0.25, -0.2) is 4.39 Å². The number of halogens is 1. The lowest BCUT2D eigenvalue weighted by Crippen LogP contribution is -2.48. The van der Waals surface area contributed by atoms with E-state index < -0.39 is 5.82 Å². The van der Waals surface area contributed by atoms with Crippen LogP contribution in [-0.2, 0) is 0 Å². The molecule has 29 heavy (non-hydrogen) atoms. The largest absolute Gasteiger partial charge is 0.494 e. The van der Waals surface area contributed by atoms with Crippen molar-refractivity contribution >= 4 is 11.8 Å². The normalized spacial score (nSPS) is 14.0. The van der Waals surface area contributed by atoms with Gasteiger partial charge in [0, 0.05) is 31.7 Å². The summed E-state index contributed by atoms with van der Waals surface area (Å²) in [5.41, 5.74) is 0.419. The third kappa shape index (κ3) is 3.52. The summed E-state index contributed by atoms with van der Waals surface area (Å²) in [4.78, 5) is 20.3. The maximum absolute atomic E-state index is 13.9. The summed E-state index contributed by atoms with van der Waals surface area (Å²) in [6, 6.07) is 9.58. The standard InChI is InChI=1S/C20H17FN4O4/c1-27-16-5-4-13(11-14(16)21)19(26)24-6-8-25(9-7-24)20-15(12-22)23-18(29-20)17-3-2-10-28-17/h2-5,10-11H,6-9H2,1H3. The smallest absolute Gasteiger partial charge is 0.266 e. The molecule has 8 nitrogen and oxygen atoms in total. The molecular formula is C20H17FN4O4. The SMILES string of the molecule is COc1ccc(C(=O)N2CCN(c3oc(-c4ccco4)nc3C#N)CC2)cc1F. The first-order chi connectivity index (χ1) is 14.1. The summed E-state index contributed by atoms with van der Waals surface area (Å²) in [5, 5.41) is 9.38. The van der Waals surface area contributed by atoms with E-state index in [4.69, 9.17) is 13.6 Å². The molecule has 0 spiro atoms. The molecule has 0 aliphatic carbocycles. The Morgan fingerprint density at radius 3 is 2.69 bits per heavy atom. The molecule has 3 heterocycles. The van der Waals surface area contributed by atoms with Crippen molar-refractivity contribution in [2.45, 2.75) is 0 Å². The number of methoxy groups -OCH3 is 1. The minimum absolute atomic E-state index is 0.0908. The van der Waals surface area contributed by atoms with Crippen LogP contribution in [0.15, 0.2) is 45.4 Å². The molecule has 0 bridgehead atoms. The molecule has 9 heteroatoms. The van der Waals surface area contributed by atoms with Gasteiger partial charge < -0.3 is 23.4 Å². The molecule has 1 aliphatic rings. The van der Waals surface area contributed by atoms with Crippen LogP contribution >= 0.6 is 0 Å². The van der Waals surface area contributed by atoms with E-state index >= 15 is 0 Å². The topological polar surface area (TPSA) is 95.7 Å². The Morgan fingerprint density at radius 1 is 1.28 bits per heavy atom. The third-order valence-electron chi connectivity index (χ3n) is 4.70. The molecule has 0 saturated carbocycles. The van der Waals surface area contributed by atoms with Crippen LogP contribution in [0.1, 0.15) is 16.1 Å². The Balaban J connectivity index is 1.46. The Morgan fingerprint density at radius 2 is 2.07 bits per heavy atom. The van der Waals surface area contributed by atoms with E-state index in [0.717, 1.165) is 0 Å². The molecule has 3 aromatic rings. The number of benzene rings is 1. The van der Waals surface area contributed by atoms with Crippen molar-refractivity contribution in [3.8, 4) is 23.5 Å². The zero-order valence-electron chi connectivity index (χ0n) is 15.6. The van der Waals surface area contributed by atoms with E-state index in [9.17, 15) is 14.4 Å². The zero-order chi connectivity index (χ0) is 20.4. The number of ether oxygens (including phenoxy) is 1. The first-order valence-electron chi connectivity index (χ1n) is 8.93. The van der Waals surface area contributed by atoms with Crippen LogP contribution < -0.4 is 9.64 Å². The number of oxazole rings is 1. The molecule has 4 rings (SSSR count). The second kappa shape index (κ2) is 7.67. The lowest BCUT2D eigenvalue weighted by atomic mass is 10.1. The number of aromatic nitrogens is 1. The Bertz CT molecular complexity index is 1060. The van der Waals surface area contributed by atoms with Gasteiger partial charge in [-0.1, -0.05) is 0 Å². The van der Waals surface area contributed by atoms with Crippen molar-refractivity contribution in [1.29, 1.82) is 5.26 Å². The van der Waals surface area contributed by atoms with E-state index in [2.05, 4.69) is 4.98 Å². The second-order valence-electron chi connectivity index (χ2n) is 6.39. The average molecular weight is 396 g/mol. The molecule has 0 radical (unpaired) electrons. The molecule has 1 fully saturated rings. The minimum atomic E-state index is -0.581. The molecule has 0 unspecified atom stereocenters. The monoisotopic (exact) mass is 396 g/mol. The van der Waals surface area contributed by atoms with Crippen molar-refractivity contribution in [2.24, 2.45) is 0 Å². The number of hydrogen-bond donors (Lipinski definition) is 0. The summed E-state index contributed by atoms with van der Waals surface area (Å²) in [7, 11) is 1.37. The quantitative estimate of drug-likeness (QED) is 0.669. The number of nitrogens with zero attached hydrogens (tertiary/aromatic N) is 4. The van der Waals surface area contributed by atoms with E-state index in [-0.39, 0.29) is 28.8 Å². The van der Waals surface area contributed by atoms with Gasteiger partial charge in [0.25, 0.3) is 11.8 Å². The molecular weight excluding hydrogens is 379 g/mol. The Kier molecular flexibility index (Phi) is 4.91. The van der Waals surface area contributed by atoms with Crippen molar-refractivity contribution in [2.75, 3.05) is 38.2 Å². The number of amides is 1. The Labute approximate surface area is 165 Å². The lowest BCUT2D eigenvalue weighted by Gasteiger charge is -2.34. The summed E-state index contributed by atoms with van der Waals surface area (Å²) < 4.78 is 29.8. The number of nitriles is 1. The predicted molar refractivity (Wildman–Crippen MR) is 100.0 cm³/mol. The summed E-state index contributed by atoms with van der Waals surface area (Å²) in [6.45, 7) is 1.69. The highest BCUT2D eigenvalue weighted by molar-refractivity contribution is 5.94. The number of piperazine rings is 1. The van der Waals surface area contributed by atoms with Crippen LogP contribution in [0.5, 0.6) is 5.75 Å². The number of anilines is 1. The van der Waals surface area contributed by atoms with Crippen LogP contribution in [0.4, 0.5) is 10.3 Å². The molecule has 2 aromatic heterocycles. The molecule has 1 aromatic carbocycles. The van der Waals surface area contributed by atoms with Gasteiger partial charge in [-0.15, -0.1) is 0 Å². The molecule has 1 amide bonds. The fourth-order valence-electron chi connectivity index (χ4n) is 3.20. The summed E-state index contributed by atoms with van der Waals surface area (Å²) in [5.74, 6) is 0.259. The number of hydrogen-bond acceptors (Lipinski definition) is 7. The van der Waals surface area contributed by atoms with E-state index in [1.165, 1.54) is 31.6 Å². The second-order valence-corrected chi connectivity index (χ2v) is 6.39. The molecule has 0 atom stereocenters. The number of carbonyl (C=O) groups excluding carboxylic acids is 1. The lowest BCUT2D eigenvalue weighted by molar-refractivity contribution is 0.0744. The maximum atomic E-state index is 13.9. The van der Waals surface area contributed by atoms with Crippen molar-refractivity contribution in [1.82, 2.24) is 9.88 Å². The van der Waals surface area contributed by atoms with Gasteiger partial charge in [0.2, 0.25) is 11.6 Å². The van der Waals surface area contributed by atoms with Gasteiger partial charge in [0.1, 0.15) is 6.07 Å². The van der Waals surface area contributed by atoms with Gasteiger partial charge in [-0.2, -0.15) is 10.2 Å². The highest BCUT2D eigenvalue weighted by Crippen LogP contribution is 2.29. The number of carbonyl (C=O) groups is 1. The highest BCUT2D eigenvalue weighted by Gasteiger charge is 2.27. The van der Waals surface area contributed by atoms with Gasteiger partial charge in [0.05, 0.1) is 13.4 Å². The minimum Gasteiger partial charge on any atom is -0.494 e. The first-order valence-corrected chi connectivity index (χ1v) is 8.93. The highest BCUT2D eigenvalue weighted by atomic mass is 19.1. The molecule has 1 aliphatic heterocycles. The maximum Gasteiger partial charge on any atom is 0.266 e. The number of rotatable bonds is 4. The van der Waals surface area contributed by atoms with Gasteiger partial charge in [0.15, 0.2) is 17.3 Å². The van der Waals surface area contributed by atoms with Gasteiger partial charge >= 0.3 is 0 Å². The molecule has 148 valence electrons. The van der Waals surface area contributed by atoms with E-state index in [0.29, 0.717) is 37.8 Å². The van der Waals surface area contributed by atoms with Crippen molar-refractivity contribution < 1.29 is 22.8 Å². The fraction of sp³-hybridized carbons (Fsp3) is 0.250. The van der Waals surface area contributed by atoms with Crippen LogP contribution in [0.3, 0.4) is 0 Å². The van der Waals surface area contributed by atoms with Crippen LogP contribution in [0.25, 0.3) is 11.7 Å². The Hall–Kier alpha value is -3.80. The first kappa shape index (κ1) is 18.6. The molecule has 1 saturated heterocycles. The fourth-order valence-corrected chi connectivity index (χ4v) is 3.20. The van der Waals surface area contributed by atoms with Crippen molar-refractivity contribution in [3.05, 3.63) is 53.7 Å². The zero-order valence-corrected chi connectivity index (χ0v) is 15.6. The van der Waals surface area contributed by atoms with Crippen LogP contribution in [0, 0.1) is 17.1 Å². The summed E-state index contributed by atoms with van der Waals surface area (Å²) >= 11 is 0. The van der Waals surface area contributed by atoms with Gasteiger partial charge in [-0.05, 0) is 30.3 Å². The average Bonchev–Trinajstić information content (AvgIpc) is 3.43. The van der Waals surface area contributed by atoms with Crippen molar-refractivity contribution in [3.63, 3.8) is 0 Å². The molecule has 0 N–H and O–H groups in total. The third-order valence-corrected chi connectivity index (χ3v) is 4.70. The van der Waals surface area contributed by atoms with Crippen LogP contribution in [0.2, 0.25) is 0 Å². The van der Waals surface area contributed by atoms with Crippen LogP contribution in [-0.4, -0.2) is 49.1 Å². The van der Waals surface area contributed by atoms with Gasteiger partial charge in [-0.3, -0.25) is 4.79 Å².